The molecule has 1 unspecified atom stereocenters. The summed E-state index contributed by atoms with van der Waals surface area (Å²) in [6.07, 6.45) is 0. The molecule has 0 aliphatic rings. The molecule has 6 heteroatoms. The Morgan fingerprint density at radius 3 is 2.20 bits per heavy atom. The smallest absolute Gasteiger partial charge is 0.341 e. The molecule has 0 bridgehead atoms. The van der Waals surface area contributed by atoms with E-state index in [2.05, 4.69) is 10.7 Å². The number of carboxylic acid groups (broad SMARTS) is 1. The predicted molar refractivity (Wildman–Crippen MR) is 28.5 cm³/mol. The Morgan fingerprint density at radius 2 is 2.10 bits per heavy atom. The van der Waals surface area contributed by atoms with Gasteiger partial charge in [0.25, 0.3) is 0 Å². The van der Waals surface area contributed by atoms with Gasteiger partial charge < -0.3 is 15.1 Å². The van der Waals surface area contributed by atoms with Crippen LogP contribution in [0.2, 0.25) is 0 Å². The van der Waals surface area contributed by atoms with Crippen molar-refractivity contribution in [3.8, 4) is 0 Å². The van der Waals surface area contributed by atoms with E-state index in [4.69, 9.17) is 10.2 Å². The molecule has 0 spiro atoms. The molecule has 10 heavy (non-hydrogen) atoms. The molecule has 0 heterocycles. The highest BCUT2D eigenvalue weighted by atomic mass is 16.7. The quantitative estimate of drug-likeness (QED) is 0.319. The van der Waals surface area contributed by atoms with E-state index in [0.717, 1.165) is 0 Å². The number of aliphatic hydroxyl groups is 1. The van der Waals surface area contributed by atoms with Crippen LogP contribution in [0.4, 0.5) is 0 Å². The lowest BCUT2D eigenvalue weighted by Crippen LogP contribution is -2.30. The minimum atomic E-state index is -1.58. The van der Waals surface area contributed by atoms with Crippen molar-refractivity contribution in [2.45, 2.75) is 0 Å². The summed E-state index contributed by atoms with van der Waals surface area (Å²) in [5, 5.41) is 16.4. The van der Waals surface area contributed by atoms with Gasteiger partial charge in [-0.25, -0.2) is 4.79 Å². The second kappa shape index (κ2) is 3.80. The lowest BCUT2D eigenvalue weighted by molar-refractivity contribution is -0.160. The molecule has 6 nitrogen and oxygen atoms in total. The fourth-order valence-electron chi connectivity index (χ4n) is 0.336. The summed E-state index contributed by atoms with van der Waals surface area (Å²) >= 11 is 0. The Hall–Kier alpha value is -1.14. The minimum Gasteiger partial charge on any atom is -0.481 e. The van der Waals surface area contributed by atoms with Gasteiger partial charge in [-0.3, -0.25) is 4.79 Å². The number of nitrogens with two attached hydrogens (primary N) is 1. The number of aliphatic carboxylic acids is 1. The third-order valence-corrected chi connectivity index (χ3v) is 0.881. The molecule has 0 fully saturated rings. The minimum absolute atomic E-state index is 0.814. The van der Waals surface area contributed by atoms with Gasteiger partial charge in [0.05, 0.1) is 6.61 Å². The highest BCUT2D eigenvalue weighted by Crippen LogP contribution is 1.95. The molecule has 0 amide bonds. The van der Waals surface area contributed by atoms with Crippen LogP contribution in [-0.2, 0) is 14.4 Å². The largest absolute Gasteiger partial charge is 0.481 e. The molecule has 4 N–H and O–H groups in total. The van der Waals surface area contributed by atoms with E-state index in [9.17, 15) is 9.59 Å². The Labute approximate surface area is 56.2 Å². The summed E-state index contributed by atoms with van der Waals surface area (Å²) < 4.78 is 0. The summed E-state index contributed by atoms with van der Waals surface area (Å²) in [7, 11) is 0. The van der Waals surface area contributed by atoms with Crippen molar-refractivity contribution in [3.05, 3.63) is 0 Å². The topological polar surface area (TPSA) is 110 Å². The zero-order valence-electron chi connectivity index (χ0n) is 4.98. The first kappa shape index (κ1) is 8.86. The van der Waals surface area contributed by atoms with Gasteiger partial charge in [0.15, 0.2) is 5.92 Å². The first-order chi connectivity index (χ1) is 4.63. The highest BCUT2D eigenvalue weighted by Gasteiger charge is 2.26. The predicted octanol–water partition coefficient (Wildman–Crippen LogP) is -1.90. The van der Waals surface area contributed by atoms with E-state index in [0.29, 0.717) is 0 Å². The summed E-state index contributed by atoms with van der Waals surface area (Å²) in [4.78, 5) is 23.9. The molecule has 0 aliphatic carbocycles. The monoisotopic (exact) mass is 149 g/mol. The number of carboxylic acids is 1. The average molecular weight is 149 g/mol. The zero-order valence-corrected chi connectivity index (χ0v) is 4.98. The van der Waals surface area contributed by atoms with Gasteiger partial charge >= 0.3 is 11.9 Å². The van der Waals surface area contributed by atoms with Gasteiger partial charge in [0.1, 0.15) is 0 Å². The van der Waals surface area contributed by atoms with Crippen molar-refractivity contribution in [3.63, 3.8) is 0 Å². The van der Waals surface area contributed by atoms with Crippen LogP contribution < -0.4 is 5.90 Å². The third kappa shape index (κ3) is 2.00. The maximum absolute atomic E-state index is 10.3. The Bertz CT molecular complexity index is 145. The number of aliphatic hydroxyl groups excluding tert-OH is 1. The van der Waals surface area contributed by atoms with E-state index in [1.54, 1.807) is 0 Å². The van der Waals surface area contributed by atoms with Crippen LogP contribution in [0.1, 0.15) is 0 Å². The second-order valence-corrected chi connectivity index (χ2v) is 1.51. The van der Waals surface area contributed by atoms with Crippen LogP contribution in [0.3, 0.4) is 0 Å². The third-order valence-electron chi connectivity index (χ3n) is 0.881. The standard InChI is InChI=1S/C4H7NO5/c5-10-4(9)2(1-6)3(7)8/h2,6H,1,5H2,(H,7,8). The zero-order chi connectivity index (χ0) is 8.15. The summed E-state index contributed by atoms with van der Waals surface area (Å²) in [5.74, 6) is 0.166. The lowest BCUT2D eigenvalue weighted by Gasteiger charge is -2.03. The van der Waals surface area contributed by atoms with E-state index in [-0.39, 0.29) is 0 Å². The first-order valence-corrected chi connectivity index (χ1v) is 2.37. The molecule has 0 radical (unpaired) electrons. The molecule has 1 atom stereocenters. The maximum atomic E-state index is 10.3. The van der Waals surface area contributed by atoms with Crippen LogP contribution in [0, 0.1) is 5.92 Å². The number of carbonyl (C=O) groups excluding carboxylic acids is 1. The van der Waals surface area contributed by atoms with Crippen molar-refractivity contribution in [1.29, 1.82) is 0 Å². The molecule has 0 aromatic rings. The lowest BCUT2D eigenvalue weighted by atomic mass is 10.2. The summed E-state index contributed by atoms with van der Waals surface area (Å²) in [5.41, 5.74) is 0. The molecule has 0 saturated carbocycles. The normalized spacial score (nSPS) is 12.2. The molecule has 0 saturated heterocycles. The van der Waals surface area contributed by atoms with Crippen LogP contribution in [0.25, 0.3) is 0 Å². The maximum Gasteiger partial charge on any atom is 0.341 e. The van der Waals surface area contributed by atoms with Gasteiger partial charge in [-0.15, -0.1) is 0 Å². The molecule has 0 aliphatic heterocycles. The van der Waals surface area contributed by atoms with Gasteiger partial charge in [-0.1, -0.05) is 0 Å². The number of carbonyl (C=O) groups is 2. The van der Waals surface area contributed by atoms with Crippen molar-refractivity contribution in [1.82, 2.24) is 0 Å². The van der Waals surface area contributed by atoms with Gasteiger partial charge in [0.2, 0.25) is 0 Å². The summed E-state index contributed by atoms with van der Waals surface area (Å²) in [6, 6.07) is 0. The van der Waals surface area contributed by atoms with Gasteiger partial charge in [0, 0.05) is 0 Å². The molecular formula is C4H7NO5. The molecule has 0 aromatic carbocycles. The van der Waals surface area contributed by atoms with Gasteiger partial charge in [-0.05, 0) is 0 Å². The molecule has 0 aromatic heterocycles. The van der Waals surface area contributed by atoms with E-state index >= 15 is 0 Å². The van der Waals surface area contributed by atoms with Crippen LogP contribution in [0.5, 0.6) is 0 Å². The average Bonchev–Trinajstić information content (AvgIpc) is 1.88. The fourth-order valence-corrected chi connectivity index (χ4v) is 0.336. The van der Waals surface area contributed by atoms with E-state index in [1.807, 2.05) is 0 Å². The highest BCUT2D eigenvalue weighted by molar-refractivity contribution is 5.93. The van der Waals surface area contributed by atoms with Crippen LogP contribution >= 0.6 is 0 Å². The van der Waals surface area contributed by atoms with Crippen molar-refractivity contribution in [2.75, 3.05) is 6.61 Å². The fraction of sp³-hybridized carbons (Fsp3) is 0.500. The Balaban J connectivity index is 4.06. The van der Waals surface area contributed by atoms with Crippen molar-refractivity contribution >= 4 is 11.9 Å². The van der Waals surface area contributed by atoms with Crippen molar-refractivity contribution in [2.24, 2.45) is 11.8 Å². The molecular weight excluding hydrogens is 142 g/mol. The van der Waals surface area contributed by atoms with Crippen LogP contribution in [0.15, 0.2) is 0 Å². The Morgan fingerprint density at radius 1 is 1.60 bits per heavy atom. The molecule has 0 rings (SSSR count). The molecule has 58 valence electrons. The second-order valence-electron chi connectivity index (χ2n) is 1.51. The van der Waals surface area contributed by atoms with E-state index < -0.39 is 24.5 Å². The van der Waals surface area contributed by atoms with Crippen molar-refractivity contribution < 1.29 is 24.6 Å². The Kier molecular flexibility index (Phi) is 3.37. The van der Waals surface area contributed by atoms with Gasteiger partial charge in [-0.2, -0.15) is 5.90 Å². The number of hydrogen-bond donors (Lipinski definition) is 3. The number of rotatable bonds is 3. The van der Waals surface area contributed by atoms with Crippen LogP contribution in [-0.4, -0.2) is 28.8 Å². The summed E-state index contributed by atoms with van der Waals surface area (Å²) in [6.45, 7) is -0.814. The first-order valence-electron chi connectivity index (χ1n) is 2.37. The number of hydrogen-bond acceptors (Lipinski definition) is 5. The van der Waals surface area contributed by atoms with E-state index in [1.165, 1.54) is 0 Å². The SMILES string of the molecule is NOC(=O)C(CO)C(=O)O.